The van der Waals surface area contributed by atoms with E-state index in [1.165, 1.54) is 0 Å². The summed E-state index contributed by atoms with van der Waals surface area (Å²) in [5, 5.41) is 11.4. The zero-order valence-electron chi connectivity index (χ0n) is 17.0. The van der Waals surface area contributed by atoms with Gasteiger partial charge in [-0.25, -0.2) is 0 Å². The predicted molar refractivity (Wildman–Crippen MR) is 116 cm³/mol. The van der Waals surface area contributed by atoms with Crippen LogP contribution in [0.4, 0.5) is 5.69 Å². The summed E-state index contributed by atoms with van der Waals surface area (Å²) in [7, 11) is 0. The molecule has 0 aromatic heterocycles. The minimum Gasteiger partial charge on any atom is -0.457 e. The molecular formula is C25H23NO4. The summed E-state index contributed by atoms with van der Waals surface area (Å²) in [6.07, 6.45) is 0. The second-order valence-electron chi connectivity index (χ2n) is 7.18. The average molecular weight is 401 g/mol. The van der Waals surface area contributed by atoms with Crippen LogP contribution in [0.3, 0.4) is 0 Å². The number of carbonyl (C=O) groups excluding carboxylic acids is 2. The first-order valence-corrected chi connectivity index (χ1v) is 10.0. The number of hydrogen-bond acceptors (Lipinski definition) is 5. The molecule has 0 atom stereocenters. The zero-order chi connectivity index (χ0) is 21.3. The molecule has 30 heavy (non-hydrogen) atoms. The molecule has 3 aromatic rings. The van der Waals surface area contributed by atoms with Crippen LogP contribution in [0, 0.1) is 0 Å². The highest BCUT2D eigenvalue weighted by molar-refractivity contribution is 6.32. The van der Waals surface area contributed by atoms with Crippen molar-refractivity contribution in [2.24, 2.45) is 0 Å². The van der Waals surface area contributed by atoms with Gasteiger partial charge < -0.3 is 14.7 Å². The van der Waals surface area contributed by atoms with Gasteiger partial charge in [0, 0.05) is 41.5 Å². The number of carbonyl (C=O) groups is 2. The molecule has 152 valence electrons. The van der Waals surface area contributed by atoms with Crippen molar-refractivity contribution in [3.8, 4) is 11.5 Å². The Kier molecular flexibility index (Phi) is 5.14. The van der Waals surface area contributed by atoms with Crippen LogP contribution in [0.5, 0.6) is 11.5 Å². The lowest BCUT2D eigenvalue weighted by atomic mass is 9.87. The van der Waals surface area contributed by atoms with E-state index in [-0.39, 0.29) is 22.4 Å². The predicted octanol–water partition coefficient (Wildman–Crippen LogP) is 4.59. The molecule has 1 N–H and O–H groups in total. The van der Waals surface area contributed by atoms with Gasteiger partial charge in [0.15, 0.2) is 0 Å². The second-order valence-corrected chi connectivity index (χ2v) is 7.18. The van der Waals surface area contributed by atoms with Gasteiger partial charge in [-0.05, 0) is 38.1 Å². The van der Waals surface area contributed by atoms with Crippen molar-refractivity contribution in [1.82, 2.24) is 0 Å². The number of Topliss-reactive ketones (excluding diaryl/α,β-unsaturated/α-hetero) is 2. The Morgan fingerprint density at radius 1 is 0.833 bits per heavy atom. The largest absolute Gasteiger partial charge is 0.457 e. The number of aliphatic hydroxyl groups is 1. The molecule has 0 amide bonds. The highest BCUT2D eigenvalue weighted by Gasteiger charge is 2.54. The van der Waals surface area contributed by atoms with Crippen LogP contribution in [-0.2, 0) is 5.60 Å². The highest BCUT2D eigenvalue weighted by atomic mass is 16.5. The molecule has 0 radical (unpaired) electrons. The van der Waals surface area contributed by atoms with Crippen LogP contribution < -0.4 is 9.64 Å². The van der Waals surface area contributed by atoms with Crippen molar-refractivity contribution in [2.75, 3.05) is 18.0 Å². The molecule has 5 nitrogen and oxygen atoms in total. The van der Waals surface area contributed by atoms with E-state index >= 15 is 0 Å². The van der Waals surface area contributed by atoms with Crippen LogP contribution >= 0.6 is 0 Å². The smallest absolute Gasteiger partial charge is 0.220 e. The maximum Gasteiger partial charge on any atom is 0.220 e. The van der Waals surface area contributed by atoms with Gasteiger partial charge in [0.25, 0.3) is 0 Å². The monoisotopic (exact) mass is 401 g/mol. The van der Waals surface area contributed by atoms with Gasteiger partial charge in [0.2, 0.25) is 17.2 Å². The standard InChI is InChI=1S/C25H23NO4/c1-3-26(4-2)17-14-15-21(22(16-17)30-18-10-6-5-7-11-18)25(29)23(27)19-12-8-9-13-20(19)24(25)28/h5-16,29H,3-4H2,1-2H3. The zero-order valence-corrected chi connectivity index (χ0v) is 17.0. The summed E-state index contributed by atoms with van der Waals surface area (Å²) in [6.45, 7) is 5.66. The number of para-hydroxylation sites is 1. The van der Waals surface area contributed by atoms with E-state index in [9.17, 15) is 14.7 Å². The van der Waals surface area contributed by atoms with Crippen molar-refractivity contribution < 1.29 is 19.4 Å². The number of anilines is 1. The van der Waals surface area contributed by atoms with E-state index in [2.05, 4.69) is 4.90 Å². The first-order chi connectivity index (χ1) is 14.5. The van der Waals surface area contributed by atoms with Crippen LogP contribution in [0.2, 0.25) is 0 Å². The van der Waals surface area contributed by atoms with Crippen LogP contribution in [0.15, 0.2) is 72.8 Å². The van der Waals surface area contributed by atoms with Crippen LogP contribution in [0.1, 0.15) is 40.1 Å². The number of fused-ring (bicyclic) bond motifs is 1. The third-order valence-corrected chi connectivity index (χ3v) is 5.53. The third kappa shape index (κ3) is 3.08. The molecular weight excluding hydrogens is 378 g/mol. The van der Waals surface area contributed by atoms with Gasteiger partial charge in [0.05, 0.1) is 0 Å². The normalized spacial score (nSPS) is 14.5. The average Bonchev–Trinajstić information content (AvgIpc) is 2.98. The van der Waals surface area contributed by atoms with E-state index in [0.717, 1.165) is 18.8 Å². The van der Waals surface area contributed by atoms with Gasteiger partial charge in [-0.2, -0.15) is 0 Å². The summed E-state index contributed by atoms with van der Waals surface area (Å²) in [5.41, 5.74) is -0.829. The Morgan fingerprint density at radius 2 is 1.40 bits per heavy atom. The summed E-state index contributed by atoms with van der Waals surface area (Å²) in [6, 6.07) is 20.8. The minimum absolute atomic E-state index is 0.147. The molecule has 0 saturated carbocycles. The Balaban J connectivity index is 1.87. The fraction of sp³-hybridized carbons (Fsp3) is 0.200. The van der Waals surface area contributed by atoms with Crippen molar-refractivity contribution in [3.05, 3.63) is 89.5 Å². The Hall–Kier alpha value is -3.44. The lowest BCUT2D eigenvalue weighted by Crippen LogP contribution is -2.38. The molecule has 0 bridgehead atoms. The van der Waals surface area contributed by atoms with Gasteiger partial charge in [-0.1, -0.05) is 42.5 Å². The van der Waals surface area contributed by atoms with Gasteiger partial charge in [0.1, 0.15) is 11.5 Å². The molecule has 5 heteroatoms. The van der Waals surface area contributed by atoms with E-state index in [0.29, 0.717) is 5.75 Å². The maximum atomic E-state index is 13.1. The first kappa shape index (κ1) is 19.9. The van der Waals surface area contributed by atoms with Crippen molar-refractivity contribution in [3.63, 3.8) is 0 Å². The summed E-state index contributed by atoms with van der Waals surface area (Å²) < 4.78 is 6.07. The van der Waals surface area contributed by atoms with Gasteiger partial charge >= 0.3 is 0 Å². The number of ketones is 2. The highest BCUT2D eigenvalue weighted by Crippen LogP contribution is 2.43. The van der Waals surface area contributed by atoms with Crippen molar-refractivity contribution in [2.45, 2.75) is 19.4 Å². The molecule has 0 unspecified atom stereocenters. The molecule has 1 aliphatic carbocycles. The molecule has 1 aliphatic rings. The summed E-state index contributed by atoms with van der Waals surface area (Å²) in [4.78, 5) is 28.4. The number of ether oxygens (including phenoxy) is 1. The fourth-order valence-corrected chi connectivity index (χ4v) is 3.91. The first-order valence-electron chi connectivity index (χ1n) is 10.0. The van der Waals surface area contributed by atoms with E-state index in [1.807, 2.05) is 38.1 Å². The Morgan fingerprint density at radius 3 is 1.97 bits per heavy atom. The fourth-order valence-electron chi connectivity index (χ4n) is 3.91. The van der Waals surface area contributed by atoms with Crippen LogP contribution in [0.25, 0.3) is 0 Å². The quantitative estimate of drug-likeness (QED) is 0.612. The molecule has 3 aromatic carbocycles. The number of nitrogens with zero attached hydrogens (tertiary/aromatic N) is 1. The minimum atomic E-state index is -2.31. The maximum absolute atomic E-state index is 13.1. The molecule has 0 fully saturated rings. The number of benzene rings is 3. The Bertz CT molecular complexity index is 1070. The van der Waals surface area contributed by atoms with Crippen molar-refractivity contribution >= 4 is 17.3 Å². The van der Waals surface area contributed by atoms with E-state index < -0.39 is 17.2 Å². The molecule has 0 spiro atoms. The lowest BCUT2D eigenvalue weighted by molar-refractivity contribution is 0.0314. The van der Waals surface area contributed by atoms with Crippen LogP contribution in [-0.4, -0.2) is 29.8 Å². The lowest BCUT2D eigenvalue weighted by Gasteiger charge is -2.26. The molecule has 0 saturated heterocycles. The topological polar surface area (TPSA) is 66.8 Å². The molecule has 4 rings (SSSR count). The van der Waals surface area contributed by atoms with Crippen molar-refractivity contribution in [1.29, 1.82) is 0 Å². The summed E-state index contributed by atoms with van der Waals surface area (Å²) >= 11 is 0. The number of rotatable bonds is 6. The van der Waals surface area contributed by atoms with E-state index in [4.69, 9.17) is 4.74 Å². The SMILES string of the molecule is CCN(CC)c1ccc(C2(O)C(=O)c3ccccc3C2=O)c(Oc2ccccc2)c1. The molecule has 0 heterocycles. The van der Waals surface area contributed by atoms with E-state index in [1.54, 1.807) is 48.5 Å². The Labute approximate surface area is 175 Å². The third-order valence-electron chi connectivity index (χ3n) is 5.53. The second kappa shape index (κ2) is 7.76. The molecule has 0 aliphatic heterocycles. The number of hydrogen-bond donors (Lipinski definition) is 1. The van der Waals surface area contributed by atoms with Gasteiger partial charge in [-0.15, -0.1) is 0 Å². The van der Waals surface area contributed by atoms with Gasteiger partial charge in [-0.3, -0.25) is 9.59 Å². The summed E-state index contributed by atoms with van der Waals surface area (Å²) in [5.74, 6) is -0.426.